The van der Waals surface area contributed by atoms with Gasteiger partial charge in [0.25, 0.3) is 12.9 Å². The van der Waals surface area contributed by atoms with Gasteiger partial charge in [-0.1, -0.05) is 0 Å². The van der Waals surface area contributed by atoms with Crippen molar-refractivity contribution in [3.05, 3.63) is 11.7 Å². The first kappa shape index (κ1) is 9.32. The molecule has 0 N–H and O–H groups in total. The molecule has 0 aliphatic carbocycles. The van der Waals surface area contributed by atoms with E-state index in [-0.39, 0.29) is 0 Å². The minimum absolute atomic E-state index is 2.70. The lowest BCUT2D eigenvalue weighted by atomic mass is 10.4. The molecule has 0 rings (SSSR count). The molecule has 0 heterocycles. The molecule has 0 aliphatic rings. The standard InChI is InChI=1S/C4H2F6/c5-1(3(7)8)2(6)4(9)10/h3-4H/b2-1-. The van der Waals surface area contributed by atoms with E-state index >= 15 is 0 Å². The summed E-state index contributed by atoms with van der Waals surface area (Å²) in [6.07, 6.45) is -7.62. The molecule has 6 heteroatoms. The minimum atomic E-state index is -3.81. The third-order valence-corrected chi connectivity index (χ3v) is 0.611. The first-order valence-electron chi connectivity index (χ1n) is 2.08. The summed E-state index contributed by atoms with van der Waals surface area (Å²) in [6.45, 7) is 0. The molecule has 0 atom stereocenters. The molecule has 0 saturated heterocycles. The highest BCUT2D eigenvalue weighted by molar-refractivity contribution is 5.04. The van der Waals surface area contributed by atoms with Gasteiger partial charge in [-0.2, -0.15) is 0 Å². The van der Waals surface area contributed by atoms with Gasteiger partial charge < -0.3 is 0 Å². The molecule has 0 amide bonds. The molecule has 0 aromatic carbocycles. The van der Waals surface area contributed by atoms with Crippen LogP contribution in [0.25, 0.3) is 0 Å². The van der Waals surface area contributed by atoms with E-state index in [2.05, 4.69) is 0 Å². The number of alkyl halides is 4. The second-order valence-corrected chi connectivity index (χ2v) is 1.30. The van der Waals surface area contributed by atoms with Crippen LogP contribution >= 0.6 is 0 Å². The van der Waals surface area contributed by atoms with Crippen LogP contribution in [-0.2, 0) is 0 Å². The quantitative estimate of drug-likeness (QED) is 0.550. The van der Waals surface area contributed by atoms with E-state index in [0.717, 1.165) is 0 Å². The lowest BCUT2D eigenvalue weighted by Gasteiger charge is -1.96. The monoisotopic (exact) mass is 164 g/mol. The third kappa shape index (κ3) is 2.28. The Morgan fingerprint density at radius 2 is 0.900 bits per heavy atom. The SMILES string of the molecule is F/C(=C(\F)C(F)F)C(F)F. The Bertz CT molecular complexity index is 121. The largest absolute Gasteiger partial charge is 0.292 e. The van der Waals surface area contributed by atoms with E-state index < -0.39 is 24.5 Å². The Hall–Kier alpha value is -0.680. The summed E-state index contributed by atoms with van der Waals surface area (Å²) < 4.78 is 67.0. The van der Waals surface area contributed by atoms with E-state index in [1.807, 2.05) is 0 Å². The first-order valence-corrected chi connectivity index (χ1v) is 2.08. The topological polar surface area (TPSA) is 0 Å². The average molecular weight is 164 g/mol. The number of halogens is 6. The maximum Gasteiger partial charge on any atom is 0.292 e. The van der Waals surface area contributed by atoms with Crippen LogP contribution in [0.1, 0.15) is 0 Å². The van der Waals surface area contributed by atoms with Crippen molar-refractivity contribution >= 4 is 0 Å². The van der Waals surface area contributed by atoms with Crippen molar-refractivity contribution in [2.45, 2.75) is 12.9 Å². The number of allylic oxidation sites excluding steroid dienone is 2. The first-order chi connectivity index (χ1) is 4.46. The zero-order valence-corrected chi connectivity index (χ0v) is 4.42. The molecular formula is C4H2F6. The van der Waals surface area contributed by atoms with E-state index in [4.69, 9.17) is 0 Å². The molecule has 0 fully saturated rings. The maximum atomic E-state index is 11.4. The van der Waals surface area contributed by atoms with Gasteiger partial charge in [-0.25, -0.2) is 26.3 Å². The fourth-order valence-corrected chi connectivity index (χ4v) is 0.208. The van der Waals surface area contributed by atoms with Gasteiger partial charge in [0, 0.05) is 0 Å². The lowest BCUT2D eigenvalue weighted by molar-refractivity contribution is 0.118. The van der Waals surface area contributed by atoms with Gasteiger partial charge in [0.15, 0.2) is 0 Å². The molecule has 0 spiro atoms. The molecule has 0 radical (unpaired) electrons. The predicted molar refractivity (Wildman–Crippen MR) is 21.2 cm³/mol. The van der Waals surface area contributed by atoms with Gasteiger partial charge in [-0.3, -0.25) is 0 Å². The molecular weight excluding hydrogens is 162 g/mol. The van der Waals surface area contributed by atoms with Crippen LogP contribution in [0, 0.1) is 0 Å². The molecule has 0 saturated carbocycles. The number of rotatable bonds is 2. The summed E-state index contributed by atoms with van der Waals surface area (Å²) in [5, 5.41) is 0. The molecule has 0 nitrogen and oxygen atoms in total. The fraction of sp³-hybridized carbons (Fsp3) is 0.500. The van der Waals surface area contributed by atoms with E-state index in [9.17, 15) is 26.3 Å². The Morgan fingerprint density at radius 1 is 0.700 bits per heavy atom. The molecule has 0 aromatic rings. The van der Waals surface area contributed by atoms with Crippen molar-refractivity contribution in [3.8, 4) is 0 Å². The van der Waals surface area contributed by atoms with Crippen molar-refractivity contribution in [1.82, 2.24) is 0 Å². The molecule has 0 bridgehead atoms. The molecule has 60 valence electrons. The highest BCUT2D eigenvalue weighted by atomic mass is 19.3. The van der Waals surface area contributed by atoms with E-state index in [1.54, 1.807) is 0 Å². The Morgan fingerprint density at radius 3 is 1.00 bits per heavy atom. The minimum Gasteiger partial charge on any atom is -0.202 e. The summed E-state index contributed by atoms with van der Waals surface area (Å²) >= 11 is 0. The Labute approximate surface area is 52.1 Å². The summed E-state index contributed by atoms with van der Waals surface area (Å²) in [6, 6.07) is 0. The normalized spacial score (nSPS) is 14.4. The second-order valence-electron chi connectivity index (χ2n) is 1.30. The zero-order chi connectivity index (χ0) is 8.31. The van der Waals surface area contributed by atoms with Crippen LogP contribution in [0.15, 0.2) is 11.7 Å². The summed E-state index contributed by atoms with van der Waals surface area (Å²) in [5.74, 6) is -5.40. The lowest BCUT2D eigenvalue weighted by Crippen LogP contribution is -2.00. The summed E-state index contributed by atoms with van der Waals surface area (Å²) in [7, 11) is 0. The highest BCUT2D eigenvalue weighted by Crippen LogP contribution is 2.21. The van der Waals surface area contributed by atoms with Crippen LogP contribution in [0.2, 0.25) is 0 Å². The predicted octanol–water partition coefficient (Wildman–Crippen LogP) is 2.67. The Balaban J connectivity index is 4.34. The van der Waals surface area contributed by atoms with Crippen molar-refractivity contribution in [2.75, 3.05) is 0 Å². The van der Waals surface area contributed by atoms with Gasteiger partial charge in [0.05, 0.1) is 0 Å². The second kappa shape index (κ2) is 3.48. The Kier molecular flexibility index (Phi) is 3.24. The van der Waals surface area contributed by atoms with Gasteiger partial charge >= 0.3 is 0 Å². The van der Waals surface area contributed by atoms with Crippen molar-refractivity contribution < 1.29 is 26.3 Å². The van der Waals surface area contributed by atoms with Gasteiger partial charge in [0.1, 0.15) is 0 Å². The van der Waals surface area contributed by atoms with Crippen LogP contribution in [0.5, 0.6) is 0 Å². The zero-order valence-electron chi connectivity index (χ0n) is 4.42. The summed E-state index contributed by atoms with van der Waals surface area (Å²) in [5.41, 5.74) is 0. The van der Waals surface area contributed by atoms with Crippen LogP contribution in [0.4, 0.5) is 26.3 Å². The van der Waals surface area contributed by atoms with Crippen molar-refractivity contribution in [1.29, 1.82) is 0 Å². The van der Waals surface area contributed by atoms with Crippen LogP contribution in [-0.4, -0.2) is 12.9 Å². The molecule has 10 heavy (non-hydrogen) atoms. The van der Waals surface area contributed by atoms with E-state index in [1.165, 1.54) is 0 Å². The molecule has 0 aliphatic heterocycles. The number of hydrogen-bond donors (Lipinski definition) is 0. The van der Waals surface area contributed by atoms with Gasteiger partial charge in [-0.05, 0) is 0 Å². The van der Waals surface area contributed by atoms with Crippen LogP contribution < -0.4 is 0 Å². The molecule has 0 unspecified atom stereocenters. The van der Waals surface area contributed by atoms with Gasteiger partial charge in [0.2, 0.25) is 11.7 Å². The van der Waals surface area contributed by atoms with E-state index in [0.29, 0.717) is 0 Å². The van der Waals surface area contributed by atoms with Crippen molar-refractivity contribution in [3.63, 3.8) is 0 Å². The van der Waals surface area contributed by atoms with Crippen molar-refractivity contribution in [2.24, 2.45) is 0 Å². The van der Waals surface area contributed by atoms with Crippen LogP contribution in [0.3, 0.4) is 0 Å². The maximum absolute atomic E-state index is 11.4. The molecule has 0 aromatic heterocycles. The fourth-order valence-electron chi connectivity index (χ4n) is 0.208. The summed E-state index contributed by atoms with van der Waals surface area (Å²) in [4.78, 5) is 0. The third-order valence-electron chi connectivity index (χ3n) is 0.611. The highest BCUT2D eigenvalue weighted by Gasteiger charge is 2.23. The van der Waals surface area contributed by atoms with Gasteiger partial charge in [-0.15, -0.1) is 0 Å². The smallest absolute Gasteiger partial charge is 0.202 e. The average Bonchev–Trinajstić information content (AvgIpc) is 1.84. The number of hydrogen-bond acceptors (Lipinski definition) is 0.